The van der Waals surface area contributed by atoms with Gasteiger partial charge in [0.05, 0.1) is 0 Å². The van der Waals surface area contributed by atoms with Crippen LogP contribution in [-0.4, -0.2) is 12.8 Å². The molecular formula is C10H12F3N. The van der Waals surface area contributed by atoms with E-state index in [1.165, 1.54) is 12.1 Å². The lowest BCUT2D eigenvalue weighted by Crippen LogP contribution is -2.38. The van der Waals surface area contributed by atoms with Crippen molar-refractivity contribution < 1.29 is 13.2 Å². The summed E-state index contributed by atoms with van der Waals surface area (Å²) in [7, 11) is 0. The summed E-state index contributed by atoms with van der Waals surface area (Å²) in [5, 5.41) is 0. The number of nitrogens with zero attached hydrogens (tertiary/aromatic N) is 1. The minimum atomic E-state index is -4.29. The van der Waals surface area contributed by atoms with Crippen LogP contribution in [0.15, 0.2) is 30.3 Å². The van der Waals surface area contributed by atoms with E-state index in [2.05, 4.69) is 0 Å². The molecule has 0 aromatic heterocycles. The van der Waals surface area contributed by atoms with Gasteiger partial charge in [-0.05, 0) is 18.6 Å². The van der Waals surface area contributed by atoms with Gasteiger partial charge in [0.25, 0.3) is 0 Å². The molecule has 0 unspecified atom stereocenters. The van der Waals surface area contributed by atoms with Crippen LogP contribution in [0.1, 0.15) is 13.3 Å². The second kappa shape index (κ2) is 4.35. The van der Waals surface area contributed by atoms with Crippen molar-refractivity contribution in [2.24, 2.45) is 0 Å². The third kappa shape index (κ3) is 2.65. The SMILES string of the molecule is CCCN(c1ccccc1)C(F)(F)F. The molecule has 14 heavy (non-hydrogen) atoms. The Bertz CT molecular complexity index is 268. The first-order valence-corrected chi connectivity index (χ1v) is 4.45. The monoisotopic (exact) mass is 203 g/mol. The van der Waals surface area contributed by atoms with E-state index in [9.17, 15) is 13.2 Å². The number of hydrogen-bond acceptors (Lipinski definition) is 1. The van der Waals surface area contributed by atoms with E-state index in [1.807, 2.05) is 0 Å². The van der Waals surface area contributed by atoms with Crippen LogP contribution < -0.4 is 4.90 Å². The summed E-state index contributed by atoms with van der Waals surface area (Å²) in [4.78, 5) is 0.451. The number of halogens is 3. The highest BCUT2D eigenvalue weighted by molar-refractivity contribution is 5.46. The molecule has 0 N–H and O–H groups in total. The fraction of sp³-hybridized carbons (Fsp3) is 0.400. The molecule has 0 bridgehead atoms. The minimum Gasteiger partial charge on any atom is -0.284 e. The molecule has 0 radical (unpaired) electrons. The molecule has 0 spiro atoms. The standard InChI is InChI=1S/C10H12F3N/c1-2-8-14(10(11,12)13)9-6-4-3-5-7-9/h3-7H,2,8H2,1H3. The number of hydrogen-bond donors (Lipinski definition) is 0. The lowest BCUT2D eigenvalue weighted by molar-refractivity contribution is -0.129. The molecule has 4 heteroatoms. The summed E-state index contributed by atoms with van der Waals surface area (Å²) in [5.74, 6) is 0. The van der Waals surface area contributed by atoms with E-state index in [-0.39, 0.29) is 12.2 Å². The summed E-state index contributed by atoms with van der Waals surface area (Å²) < 4.78 is 37.6. The number of benzene rings is 1. The van der Waals surface area contributed by atoms with Gasteiger partial charge in [-0.1, -0.05) is 25.1 Å². The van der Waals surface area contributed by atoms with E-state index in [4.69, 9.17) is 0 Å². The molecule has 0 aliphatic rings. The molecule has 0 aliphatic carbocycles. The van der Waals surface area contributed by atoms with Gasteiger partial charge in [-0.25, -0.2) is 0 Å². The largest absolute Gasteiger partial charge is 0.484 e. The predicted molar refractivity (Wildman–Crippen MR) is 50.1 cm³/mol. The number of anilines is 1. The minimum absolute atomic E-state index is 0.00644. The molecule has 0 atom stereocenters. The Morgan fingerprint density at radius 1 is 1.14 bits per heavy atom. The molecule has 1 aromatic carbocycles. The van der Waals surface area contributed by atoms with Crippen LogP contribution in [0.2, 0.25) is 0 Å². The van der Waals surface area contributed by atoms with Crippen LogP contribution in [0, 0.1) is 0 Å². The molecule has 78 valence electrons. The van der Waals surface area contributed by atoms with Crippen LogP contribution in [-0.2, 0) is 0 Å². The van der Waals surface area contributed by atoms with Crippen molar-refractivity contribution in [3.8, 4) is 0 Å². The number of para-hydroxylation sites is 1. The third-order valence-electron chi connectivity index (χ3n) is 1.82. The Labute approximate surface area is 81.1 Å². The van der Waals surface area contributed by atoms with Crippen molar-refractivity contribution in [1.82, 2.24) is 0 Å². The molecule has 0 fully saturated rings. The zero-order valence-electron chi connectivity index (χ0n) is 7.88. The first-order valence-electron chi connectivity index (χ1n) is 4.45. The Balaban J connectivity index is 2.89. The second-order valence-corrected chi connectivity index (χ2v) is 2.96. The summed E-state index contributed by atoms with van der Waals surface area (Å²) in [6.45, 7) is 1.72. The smallest absolute Gasteiger partial charge is 0.284 e. The van der Waals surface area contributed by atoms with Crippen molar-refractivity contribution in [3.63, 3.8) is 0 Å². The van der Waals surface area contributed by atoms with Crippen molar-refractivity contribution in [3.05, 3.63) is 30.3 Å². The molecule has 0 saturated carbocycles. The highest BCUT2D eigenvalue weighted by atomic mass is 19.4. The lowest BCUT2D eigenvalue weighted by Gasteiger charge is -2.26. The second-order valence-electron chi connectivity index (χ2n) is 2.96. The lowest BCUT2D eigenvalue weighted by atomic mass is 10.3. The summed E-state index contributed by atoms with van der Waals surface area (Å²) in [6.07, 6.45) is -3.83. The average molecular weight is 203 g/mol. The molecule has 0 aliphatic heterocycles. The van der Waals surface area contributed by atoms with Gasteiger partial charge in [0.15, 0.2) is 0 Å². The van der Waals surface area contributed by atoms with Crippen molar-refractivity contribution >= 4 is 5.69 Å². The van der Waals surface area contributed by atoms with E-state index < -0.39 is 6.30 Å². The van der Waals surface area contributed by atoms with Crippen LogP contribution in [0.3, 0.4) is 0 Å². The Morgan fingerprint density at radius 3 is 2.14 bits per heavy atom. The fourth-order valence-electron chi connectivity index (χ4n) is 1.23. The molecule has 0 saturated heterocycles. The van der Waals surface area contributed by atoms with E-state index in [0.717, 1.165) is 0 Å². The van der Waals surface area contributed by atoms with Crippen molar-refractivity contribution in [2.45, 2.75) is 19.6 Å². The summed E-state index contributed by atoms with van der Waals surface area (Å²) in [6, 6.07) is 7.82. The molecule has 1 aromatic rings. The average Bonchev–Trinajstić information content (AvgIpc) is 2.14. The quantitative estimate of drug-likeness (QED) is 0.680. The topological polar surface area (TPSA) is 3.24 Å². The summed E-state index contributed by atoms with van der Waals surface area (Å²) in [5.41, 5.74) is 0.196. The molecule has 1 nitrogen and oxygen atoms in total. The van der Waals surface area contributed by atoms with Gasteiger partial charge in [0.2, 0.25) is 0 Å². The van der Waals surface area contributed by atoms with E-state index in [0.29, 0.717) is 11.3 Å². The van der Waals surface area contributed by atoms with Gasteiger partial charge in [0, 0.05) is 12.2 Å². The van der Waals surface area contributed by atoms with Gasteiger partial charge in [-0.15, -0.1) is 0 Å². The number of rotatable bonds is 3. The van der Waals surface area contributed by atoms with Crippen LogP contribution in [0.5, 0.6) is 0 Å². The van der Waals surface area contributed by atoms with Gasteiger partial charge < -0.3 is 0 Å². The molecular weight excluding hydrogens is 191 g/mol. The Kier molecular flexibility index (Phi) is 3.38. The van der Waals surface area contributed by atoms with Crippen LogP contribution in [0.25, 0.3) is 0 Å². The van der Waals surface area contributed by atoms with Gasteiger partial charge in [-0.3, -0.25) is 4.90 Å². The van der Waals surface area contributed by atoms with Gasteiger partial charge >= 0.3 is 6.30 Å². The molecule has 1 rings (SSSR count). The molecule has 0 heterocycles. The number of alkyl halides is 3. The maximum absolute atomic E-state index is 12.5. The van der Waals surface area contributed by atoms with Crippen LogP contribution >= 0.6 is 0 Å². The molecule has 0 amide bonds. The van der Waals surface area contributed by atoms with Crippen LogP contribution in [0.4, 0.5) is 18.9 Å². The van der Waals surface area contributed by atoms with E-state index in [1.54, 1.807) is 25.1 Å². The highest BCUT2D eigenvalue weighted by Gasteiger charge is 2.36. The normalized spacial score (nSPS) is 11.4. The van der Waals surface area contributed by atoms with Gasteiger partial charge in [-0.2, -0.15) is 13.2 Å². The third-order valence-corrected chi connectivity index (χ3v) is 1.82. The predicted octanol–water partition coefficient (Wildman–Crippen LogP) is 3.42. The van der Waals surface area contributed by atoms with Crippen molar-refractivity contribution in [2.75, 3.05) is 11.4 Å². The summed E-state index contributed by atoms with van der Waals surface area (Å²) >= 11 is 0. The van der Waals surface area contributed by atoms with Gasteiger partial charge in [0.1, 0.15) is 0 Å². The Morgan fingerprint density at radius 2 is 1.71 bits per heavy atom. The Hall–Kier alpha value is -1.19. The highest BCUT2D eigenvalue weighted by Crippen LogP contribution is 2.27. The zero-order chi connectivity index (χ0) is 10.6. The maximum atomic E-state index is 12.5. The first-order chi connectivity index (χ1) is 6.55. The van der Waals surface area contributed by atoms with E-state index >= 15 is 0 Å². The maximum Gasteiger partial charge on any atom is 0.484 e. The first kappa shape index (κ1) is 10.9. The fourth-order valence-corrected chi connectivity index (χ4v) is 1.23. The van der Waals surface area contributed by atoms with Crippen molar-refractivity contribution in [1.29, 1.82) is 0 Å². The zero-order valence-corrected chi connectivity index (χ0v) is 7.88.